The number of hydrogen-bond acceptors (Lipinski definition) is 3. The maximum atomic E-state index is 12.5. The fourth-order valence-electron chi connectivity index (χ4n) is 3.06. The number of thiophene rings is 1. The molecule has 2 unspecified atom stereocenters. The van der Waals surface area contributed by atoms with Gasteiger partial charge < -0.3 is 9.80 Å². The van der Waals surface area contributed by atoms with Crippen LogP contribution in [-0.4, -0.2) is 46.8 Å². The van der Waals surface area contributed by atoms with Crippen LogP contribution in [0.3, 0.4) is 0 Å². The second-order valence-corrected chi connectivity index (χ2v) is 7.90. The molecule has 1 aromatic heterocycles. The smallest absolute Gasteiger partial charge is 0.246 e. The Morgan fingerprint density at radius 2 is 2.15 bits per heavy atom. The quantitative estimate of drug-likeness (QED) is 0.833. The van der Waals surface area contributed by atoms with Crippen LogP contribution in [0.25, 0.3) is 0 Å². The van der Waals surface area contributed by atoms with Crippen molar-refractivity contribution in [1.82, 2.24) is 9.80 Å². The van der Waals surface area contributed by atoms with Gasteiger partial charge in [-0.15, -0.1) is 11.3 Å². The Morgan fingerprint density at radius 3 is 2.85 bits per heavy atom. The first-order valence-electron chi connectivity index (χ1n) is 6.93. The molecule has 2 saturated heterocycles. The normalized spacial score (nSPS) is 26.3. The number of rotatable bonds is 3. The van der Waals surface area contributed by atoms with E-state index in [9.17, 15) is 9.59 Å². The third-order valence-corrected chi connectivity index (χ3v) is 5.84. The minimum atomic E-state index is -0.319. The standard InChI is InChI=1S/C14H17BrN2O2S/c1-9-13(18)17-7-2-3-11(17)14(19)16(9)8-6-10-4-5-12(15)20-10/h4-5,9,11H,2-3,6-8H2,1H3. The summed E-state index contributed by atoms with van der Waals surface area (Å²) in [5.74, 6) is 0.240. The molecule has 2 atom stereocenters. The Hall–Kier alpha value is -0.880. The number of nitrogens with zero attached hydrogens (tertiary/aromatic N) is 2. The van der Waals surface area contributed by atoms with E-state index in [2.05, 4.69) is 22.0 Å². The molecule has 0 spiro atoms. The first-order chi connectivity index (χ1) is 9.58. The summed E-state index contributed by atoms with van der Waals surface area (Å²) < 4.78 is 1.10. The molecule has 3 rings (SSSR count). The van der Waals surface area contributed by atoms with Gasteiger partial charge in [0.2, 0.25) is 11.8 Å². The first-order valence-corrected chi connectivity index (χ1v) is 8.54. The van der Waals surface area contributed by atoms with Crippen molar-refractivity contribution in [1.29, 1.82) is 0 Å². The number of halogens is 1. The zero-order chi connectivity index (χ0) is 14.3. The van der Waals surface area contributed by atoms with Crippen LogP contribution in [-0.2, 0) is 16.0 Å². The maximum Gasteiger partial charge on any atom is 0.246 e. The molecule has 0 radical (unpaired) electrons. The Bertz CT molecular complexity index is 545. The van der Waals surface area contributed by atoms with Gasteiger partial charge in [0, 0.05) is 18.0 Å². The molecular formula is C14H17BrN2O2S. The van der Waals surface area contributed by atoms with Crippen LogP contribution in [0.5, 0.6) is 0 Å². The lowest BCUT2D eigenvalue weighted by molar-refractivity contribution is -0.158. The van der Waals surface area contributed by atoms with Gasteiger partial charge >= 0.3 is 0 Å². The highest BCUT2D eigenvalue weighted by Crippen LogP contribution is 2.28. The third kappa shape index (κ3) is 2.39. The van der Waals surface area contributed by atoms with E-state index < -0.39 is 0 Å². The highest BCUT2D eigenvalue weighted by atomic mass is 79.9. The van der Waals surface area contributed by atoms with Gasteiger partial charge in [-0.1, -0.05) is 0 Å². The predicted octanol–water partition coefficient (Wildman–Crippen LogP) is 2.27. The minimum absolute atomic E-state index is 0.111. The van der Waals surface area contributed by atoms with E-state index in [4.69, 9.17) is 0 Å². The second-order valence-electron chi connectivity index (χ2n) is 5.35. The number of carbonyl (C=O) groups excluding carboxylic acids is 2. The van der Waals surface area contributed by atoms with Crippen molar-refractivity contribution in [3.8, 4) is 0 Å². The molecule has 2 aliphatic heterocycles. The van der Waals surface area contributed by atoms with Gasteiger partial charge in [0.05, 0.1) is 3.79 Å². The van der Waals surface area contributed by atoms with Gasteiger partial charge in [0.1, 0.15) is 12.1 Å². The van der Waals surface area contributed by atoms with Crippen LogP contribution in [0.4, 0.5) is 0 Å². The van der Waals surface area contributed by atoms with Crippen molar-refractivity contribution in [2.24, 2.45) is 0 Å². The largest absolute Gasteiger partial charge is 0.329 e. The van der Waals surface area contributed by atoms with Gasteiger partial charge in [-0.2, -0.15) is 0 Å². The number of piperazine rings is 1. The third-order valence-electron chi connectivity index (χ3n) is 4.16. The summed E-state index contributed by atoms with van der Waals surface area (Å²) in [6.07, 6.45) is 2.57. The van der Waals surface area contributed by atoms with E-state index in [1.54, 1.807) is 21.1 Å². The Kier molecular flexibility index (Phi) is 3.86. The average Bonchev–Trinajstić information content (AvgIpc) is 3.05. The lowest BCUT2D eigenvalue weighted by Gasteiger charge is -2.40. The van der Waals surface area contributed by atoms with Crippen molar-refractivity contribution in [2.75, 3.05) is 13.1 Å². The van der Waals surface area contributed by atoms with Crippen LogP contribution in [0.15, 0.2) is 15.9 Å². The van der Waals surface area contributed by atoms with Crippen LogP contribution in [0, 0.1) is 0 Å². The SMILES string of the molecule is CC1C(=O)N2CCCC2C(=O)N1CCc1ccc(Br)s1. The van der Waals surface area contributed by atoms with E-state index in [0.717, 1.165) is 29.6 Å². The Labute approximate surface area is 130 Å². The van der Waals surface area contributed by atoms with Gasteiger partial charge in [-0.3, -0.25) is 9.59 Å². The Balaban J connectivity index is 1.71. The van der Waals surface area contributed by atoms with Crippen molar-refractivity contribution in [2.45, 2.75) is 38.3 Å². The summed E-state index contributed by atoms with van der Waals surface area (Å²) in [4.78, 5) is 29.6. The molecule has 0 aromatic carbocycles. The molecular weight excluding hydrogens is 340 g/mol. The number of amides is 2. The van der Waals surface area contributed by atoms with Crippen LogP contribution in [0.2, 0.25) is 0 Å². The van der Waals surface area contributed by atoms with Gasteiger partial charge in [-0.05, 0) is 54.2 Å². The molecule has 1 aromatic rings. The molecule has 2 aliphatic rings. The summed E-state index contributed by atoms with van der Waals surface area (Å²) >= 11 is 5.13. The molecule has 108 valence electrons. The lowest BCUT2D eigenvalue weighted by atomic mass is 10.1. The fourth-order valence-corrected chi connectivity index (χ4v) is 4.54. The molecule has 0 aliphatic carbocycles. The Morgan fingerprint density at radius 1 is 1.35 bits per heavy atom. The molecule has 0 bridgehead atoms. The second kappa shape index (κ2) is 5.48. The monoisotopic (exact) mass is 356 g/mol. The molecule has 20 heavy (non-hydrogen) atoms. The van der Waals surface area contributed by atoms with E-state index >= 15 is 0 Å². The molecule has 6 heteroatoms. The molecule has 2 fully saturated rings. The maximum absolute atomic E-state index is 12.5. The summed E-state index contributed by atoms with van der Waals surface area (Å²) in [7, 11) is 0. The molecule has 4 nitrogen and oxygen atoms in total. The van der Waals surface area contributed by atoms with Crippen molar-refractivity contribution < 1.29 is 9.59 Å². The summed E-state index contributed by atoms with van der Waals surface area (Å²) in [6, 6.07) is 3.57. The van der Waals surface area contributed by atoms with Crippen LogP contribution in [0.1, 0.15) is 24.6 Å². The number of hydrogen-bond donors (Lipinski definition) is 0. The highest BCUT2D eigenvalue weighted by Gasteiger charge is 2.45. The van der Waals surface area contributed by atoms with Crippen LogP contribution < -0.4 is 0 Å². The summed E-state index contributed by atoms with van der Waals surface area (Å²) in [5, 5.41) is 0. The zero-order valence-electron chi connectivity index (χ0n) is 11.3. The van der Waals surface area contributed by atoms with Gasteiger partial charge in [-0.25, -0.2) is 0 Å². The summed E-state index contributed by atoms with van der Waals surface area (Å²) in [5.41, 5.74) is 0. The molecule has 0 N–H and O–H groups in total. The lowest BCUT2D eigenvalue weighted by Crippen LogP contribution is -2.62. The van der Waals surface area contributed by atoms with Crippen molar-refractivity contribution >= 4 is 39.1 Å². The fraction of sp³-hybridized carbons (Fsp3) is 0.571. The molecule has 2 amide bonds. The predicted molar refractivity (Wildman–Crippen MR) is 81.6 cm³/mol. The average molecular weight is 357 g/mol. The topological polar surface area (TPSA) is 40.6 Å². The molecule has 3 heterocycles. The van der Waals surface area contributed by atoms with Gasteiger partial charge in [0.15, 0.2) is 0 Å². The zero-order valence-corrected chi connectivity index (χ0v) is 13.7. The highest BCUT2D eigenvalue weighted by molar-refractivity contribution is 9.11. The van der Waals surface area contributed by atoms with Crippen LogP contribution >= 0.6 is 27.3 Å². The number of fused-ring (bicyclic) bond motifs is 1. The molecule has 0 saturated carbocycles. The van der Waals surface area contributed by atoms with Crippen molar-refractivity contribution in [3.63, 3.8) is 0 Å². The van der Waals surface area contributed by atoms with Gasteiger partial charge in [0.25, 0.3) is 0 Å². The van der Waals surface area contributed by atoms with E-state index in [1.165, 1.54) is 4.88 Å². The number of carbonyl (C=O) groups is 2. The first kappa shape index (κ1) is 14.1. The minimum Gasteiger partial charge on any atom is -0.329 e. The van der Waals surface area contributed by atoms with E-state index in [1.807, 2.05) is 13.0 Å². The summed E-state index contributed by atoms with van der Waals surface area (Å²) in [6.45, 7) is 3.22. The van der Waals surface area contributed by atoms with E-state index in [0.29, 0.717) is 6.54 Å². The van der Waals surface area contributed by atoms with Crippen molar-refractivity contribution in [3.05, 3.63) is 20.8 Å². The van der Waals surface area contributed by atoms with E-state index in [-0.39, 0.29) is 23.9 Å².